The Balaban J connectivity index is 1.72. The van der Waals surface area contributed by atoms with E-state index in [9.17, 15) is 0 Å². The lowest BCUT2D eigenvalue weighted by Crippen LogP contribution is -2.37. The van der Waals surface area contributed by atoms with Gasteiger partial charge in [0.25, 0.3) is 0 Å². The Morgan fingerprint density at radius 3 is 3.14 bits per heavy atom. The van der Waals surface area contributed by atoms with Gasteiger partial charge in [-0.15, -0.1) is 21.5 Å². The zero-order valence-electron chi connectivity index (χ0n) is 12.4. The van der Waals surface area contributed by atoms with Crippen molar-refractivity contribution < 1.29 is 4.74 Å². The molecule has 0 unspecified atom stereocenters. The van der Waals surface area contributed by atoms with Crippen molar-refractivity contribution in [1.29, 1.82) is 0 Å². The molecule has 0 radical (unpaired) electrons. The van der Waals surface area contributed by atoms with Crippen molar-refractivity contribution in [2.24, 2.45) is 0 Å². The second-order valence-corrected chi connectivity index (χ2v) is 6.31. The van der Waals surface area contributed by atoms with Crippen LogP contribution in [-0.4, -0.2) is 38.4 Å². The zero-order chi connectivity index (χ0) is 15.1. The minimum absolute atomic E-state index is 0.272. The van der Waals surface area contributed by atoms with Gasteiger partial charge < -0.3 is 14.2 Å². The van der Waals surface area contributed by atoms with Crippen molar-refractivity contribution in [3.05, 3.63) is 29.4 Å². The number of fused-ring (bicyclic) bond motifs is 2. The summed E-state index contributed by atoms with van der Waals surface area (Å²) < 4.78 is 8.50. The Kier molecular flexibility index (Phi) is 3.27. The SMILES string of the molecule is COCc1nnc2n1[C@@H](C)CN(c1ncnc3ccsc13)C2. The van der Waals surface area contributed by atoms with Crippen LogP contribution in [0.15, 0.2) is 17.8 Å². The maximum absolute atomic E-state index is 5.20. The highest BCUT2D eigenvalue weighted by Gasteiger charge is 2.28. The number of nitrogens with zero attached hydrogens (tertiary/aromatic N) is 6. The number of rotatable bonds is 3. The van der Waals surface area contributed by atoms with E-state index < -0.39 is 0 Å². The van der Waals surface area contributed by atoms with Gasteiger partial charge in [0.05, 0.1) is 22.8 Å². The van der Waals surface area contributed by atoms with Gasteiger partial charge in [-0.05, 0) is 18.4 Å². The predicted octanol–water partition coefficient (Wildman–Crippen LogP) is 2.01. The second kappa shape index (κ2) is 5.29. The molecule has 7 nitrogen and oxygen atoms in total. The lowest BCUT2D eigenvalue weighted by molar-refractivity contribution is 0.171. The lowest BCUT2D eigenvalue weighted by Gasteiger charge is -2.33. The molecule has 0 saturated carbocycles. The molecule has 22 heavy (non-hydrogen) atoms. The number of methoxy groups -OCH3 is 1. The van der Waals surface area contributed by atoms with Gasteiger partial charge in [-0.1, -0.05) is 0 Å². The first-order valence-electron chi connectivity index (χ1n) is 7.12. The van der Waals surface area contributed by atoms with E-state index in [1.807, 2.05) is 6.07 Å². The average molecular weight is 316 g/mol. The third-order valence-electron chi connectivity index (χ3n) is 3.89. The Bertz CT molecular complexity index is 813. The number of anilines is 1. The molecule has 0 N–H and O–H groups in total. The molecule has 0 fully saturated rings. The van der Waals surface area contributed by atoms with Gasteiger partial charge >= 0.3 is 0 Å². The molecule has 0 bridgehead atoms. The van der Waals surface area contributed by atoms with Gasteiger partial charge in [0.2, 0.25) is 0 Å². The third-order valence-corrected chi connectivity index (χ3v) is 4.79. The van der Waals surface area contributed by atoms with Gasteiger partial charge in [0, 0.05) is 13.7 Å². The maximum atomic E-state index is 5.20. The Morgan fingerprint density at radius 2 is 2.27 bits per heavy atom. The summed E-state index contributed by atoms with van der Waals surface area (Å²) in [7, 11) is 1.68. The second-order valence-electron chi connectivity index (χ2n) is 5.40. The first-order valence-corrected chi connectivity index (χ1v) is 8.00. The summed E-state index contributed by atoms with van der Waals surface area (Å²) in [6.07, 6.45) is 1.63. The molecule has 1 aliphatic heterocycles. The van der Waals surface area contributed by atoms with Crippen molar-refractivity contribution in [2.45, 2.75) is 26.1 Å². The number of hydrogen-bond donors (Lipinski definition) is 0. The van der Waals surface area contributed by atoms with E-state index >= 15 is 0 Å². The molecule has 0 aliphatic carbocycles. The largest absolute Gasteiger partial charge is 0.377 e. The fourth-order valence-electron chi connectivity index (χ4n) is 3.00. The molecular weight excluding hydrogens is 300 g/mol. The molecule has 0 amide bonds. The first kappa shape index (κ1) is 13.6. The van der Waals surface area contributed by atoms with Gasteiger partial charge in [-0.3, -0.25) is 0 Å². The van der Waals surface area contributed by atoms with Crippen molar-refractivity contribution in [3.8, 4) is 0 Å². The molecule has 3 aromatic heterocycles. The van der Waals surface area contributed by atoms with E-state index in [1.165, 1.54) is 0 Å². The monoisotopic (exact) mass is 316 g/mol. The molecule has 0 saturated heterocycles. The van der Waals surface area contributed by atoms with Crippen molar-refractivity contribution >= 4 is 27.4 Å². The van der Waals surface area contributed by atoms with E-state index in [0.29, 0.717) is 13.2 Å². The molecule has 1 atom stereocenters. The molecule has 0 spiro atoms. The van der Waals surface area contributed by atoms with Crippen LogP contribution in [0.5, 0.6) is 0 Å². The highest BCUT2D eigenvalue weighted by atomic mass is 32.1. The van der Waals surface area contributed by atoms with Crippen molar-refractivity contribution in [1.82, 2.24) is 24.7 Å². The topological polar surface area (TPSA) is 69.0 Å². The van der Waals surface area contributed by atoms with Gasteiger partial charge in [-0.2, -0.15) is 0 Å². The maximum Gasteiger partial charge on any atom is 0.159 e. The molecule has 114 valence electrons. The molecule has 8 heteroatoms. The summed E-state index contributed by atoms with van der Waals surface area (Å²) in [5.74, 6) is 2.82. The highest BCUT2D eigenvalue weighted by molar-refractivity contribution is 7.17. The summed E-state index contributed by atoms with van der Waals surface area (Å²) in [6.45, 7) is 4.22. The Labute approximate surface area is 131 Å². The predicted molar refractivity (Wildman–Crippen MR) is 83.9 cm³/mol. The summed E-state index contributed by atoms with van der Waals surface area (Å²) in [4.78, 5) is 11.1. The van der Waals surface area contributed by atoms with Crippen molar-refractivity contribution in [3.63, 3.8) is 0 Å². The Morgan fingerprint density at radius 1 is 1.36 bits per heavy atom. The normalized spacial score (nSPS) is 17.9. The van der Waals surface area contributed by atoms with Crippen LogP contribution in [0.25, 0.3) is 10.2 Å². The van der Waals surface area contributed by atoms with E-state index in [1.54, 1.807) is 24.8 Å². The van der Waals surface area contributed by atoms with Crippen LogP contribution in [0.1, 0.15) is 24.6 Å². The quantitative estimate of drug-likeness (QED) is 0.736. The summed E-state index contributed by atoms with van der Waals surface area (Å²) in [6, 6.07) is 2.30. The molecule has 1 aliphatic rings. The number of aromatic nitrogens is 5. The highest BCUT2D eigenvalue weighted by Crippen LogP contribution is 2.32. The fraction of sp³-hybridized carbons (Fsp3) is 0.429. The van der Waals surface area contributed by atoms with E-state index in [0.717, 1.165) is 34.2 Å². The van der Waals surface area contributed by atoms with Crippen LogP contribution in [0.3, 0.4) is 0 Å². The van der Waals surface area contributed by atoms with Gasteiger partial charge in [0.1, 0.15) is 12.9 Å². The van der Waals surface area contributed by atoms with E-state index in [4.69, 9.17) is 4.74 Å². The standard InChI is InChI=1S/C14H16N6OS/c1-9-5-19(6-11-17-18-12(7-21-2)20(9)11)14-13-10(3-4-22-13)15-8-16-14/h3-4,8-9H,5-7H2,1-2H3/t9-/m0/s1. The average Bonchev–Trinajstić information content (AvgIpc) is 3.14. The summed E-state index contributed by atoms with van der Waals surface area (Å²) in [5.41, 5.74) is 0.995. The van der Waals surface area contributed by atoms with Crippen LogP contribution < -0.4 is 4.90 Å². The lowest BCUT2D eigenvalue weighted by atomic mass is 10.2. The van der Waals surface area contributed by atoms with E-state index in [-0.39, 0.29) is 6.04 Å². The fourth-order valence-corrected chi connectivity index (χ4v) is 3.86. The van der Waals surface area contributed by atoms with Crippen LogP contribution in [-0.2, 0) is 17.9 Å². The van der Waals surface area contributed by atoms with Crippen LogP contribution in [0.2, 0.25) is 0 Å². The van der Waals surface area contributed by atoms with Crippen LogP contribution in [0.4, 0.5) is 5.82 Å². The number of hydrogen-bond acceptors (Lipinski definition) is 7. The Hall–Kier alpha value is -2.06. The van der Waals surface area contributed by atoms with Gasteiger partial charge in [0.15, 0.2) is 17.5 Å². The molecular formula is C14H16N6OS. The number of ether oxygens (including phenoxy) is 1. The van der Waals surface area contributed by atoms with E-state index in [2.05, 4.69) is 41.9 Å². The van der Waals surface area contributed by atoms with Crippen LogP contribution in [0, 0.1) is 0 Å². The molecule has 3 aromatic rings. The molecule has 4 heterocycles. The smallest absolute Gasteiger partial charge is 0.159 e. The molecule has 4 rings (SSSR count). The first-order chi connectivity index (χ1) is 10.8. The minimum atomic E-state index is 0.272. The van der Waals surface area contributed by atoms with Crippen LogP contribution >= 0.6 is 11.3 Å². The zero-order valence-corrected chi connectivity index (χ0v) is 13.2. The van der Waals surface area contributed by atoms with Crippen molar-refractivity contribution in [2.75, 3.05) is 18.6 Å². The number of thiophene rings is 1. The molecule has 0 aromatic carbocycles. The summed E-state index contributed by atoms with van der Waals surface area (Å²) in [5, 5.41) is 10.6. The summed E-state index contributed by atoms with van der Waals surface area (Å²) >= 11 is 1.67. The minimum Gasteiger partial charge on any atom is -0.377 e. The third kappa shape index (κ3) is 2.06. The van der Waals surface area contributed by atoms with Gasteiger partial charge in [-0.25, -0.2) is 9.97 Å².